The summed E-state index contributed by atoms with van der Waals surface area (Å²) < 4.78 is 24.0. The van der Waals surface area contributed by atoms with Crippen molar-refractivity contribution >= 4 is 11.6 Å². The molecule has 0 bridgehead atoms. The molecule has 0 N–H and O–H groups in total. The molecule has 0 unspecified atom stereocenters. The van der Waals surface area contributed by atoms with Crippen molar-refractivity contribution in [1.29, 1.82) is 0 Å². The summed E-state index contributed by atoms with van der Waals surface area (Å²) in [6.07, 6.45) is 0. The fourth-order valence-electron chi connectivity index (χ4n) is 1.68. The summed E-state index contributed by atoms with van der Waals surface area (Å²) in [6, 6.07) is 9.94. The Hall–Kier alpha value is -1.74. The Labute approximate surface area is 110 Å². The number of halogens is 2. The van der Waals surface area contributed by atoms with Gasteiger partial charge in [0, 0.05) is 5.56 Å². The summed E-state index contributed by atoms with van der Waals surface area (Å²) in [5, 5.41) is 0.257. The first kappa shape index (κ1) is 12.7. The van der Waals surface area contributed by atoms with Crippen LogP contribution in [0.25, 0.3) is 11.1 Å². The van der Waals surface area contributed by atoms with Crippen molar-refractivity contribution in [2.75, 3.05) is 14.2 Å². The topological polar surface area (TPSA) is 18.5 Å². The summed E-state index contributed by atoms with van der Waals surface area (Å²) in [4.78, 5) is 0. The van der Waals surface area contributed by atoms with Crippen molar-refractivity contribution in [1.82, 2.24) is 0 Å². The van der Waals surface area contributed by atoms with Crippen LogP contribution in [0.4, 0.5) is 4.39 Å². The highest BCUT2D eigenvalue weighted by Crippen LogP contribution is 2.33. The van der Waals surface area contributed by atoms with E-state index in [1.165, 1.54) is 13.2 Å². The van der Waals surface area contributed by atoms with Gasteiger partial charge in [0.15, 0.2) is 0 Å². The quantitative estimate of drug-likeness (QED) is 0.830. The lowest BCUT2D eigenvalue weighted by molar-refractivity contribution is 0.414. The number of hydrogen-bond donors (Lipinski definition) is 0. The fraction of sp³-hybridized carbons (Fsp3) is 0.143. The highest BCUT2D eigenvalue weighted by atomic mass is 35.5. The SMILES string of the molecule is COc1ccc(-c2cc(OC)c(Cl)cc2F)cc1. The predicted octanol–water partition coefficient (Wildman–Crippen LogP) is 4.16. The van der Waals surface area contributed by atoms with Crippen LogP contribution in [0.15, 0.2) is 36.4 Å². The Morgan fingerprint density at radius 3 is 2.22 bits per heavy atom. The molecule has 2 aromatic carbocycles. The average Bonchev–Trinajstić information content (AvgIpc) is 2.39. The van der Waals surface area contributed by atoms with Gasteiger partial charge in [0.2, 0.25) is 0 Å². The molecule has 0 aromatic heterocycles. The lowest BCUT2D eigenvalue weighted by atomic mass is 10.0. The molecule has 0 aliphatic carbocycles. The van der Waals surface area contributed by atoms with Crippen LogP contribution in [0.1, 0.15) is 0 Å². The van der Waals surface area contributed by atoms with Crippen molar-refractivity contribution in [2.24, 2.45) is 0 Å². The molecule has 0 radical (unpaired) electrons. The first-order valence-electron chi connectivity index (χ1n) is 5.33. The first-order chi connectivity index (χ1) is 8.65. The zero-order chi connectivity index (χ0) is 13.1. The van der Waals surface area contributed by atoms with Crippen LogP contribution in [0, 0.1) is 5.82 Å². The monoisotopic (exact) mass is 266 g/mol. The maximum atomic E-state index is 13.9. The fourth-order valence-corrected chi connectivity index (χ4v) is 1.90. The van der Waals surface area contributed by atoms with Gasteiger partial charge < -0.3 is 9.47 Å². The van der Waals surface area contributed by atoms with E-state index in [1.807, 2.05) is 0 Å². The van der Waals surface area contributed by atoms with Gasteiger partial charge in [-0.3, -0.25) is 0 Å². The largest absolute Gasteiger partial charge is 0.497 e. The minimum Gasteiger partial charge on any atom is -0.497 e. The van der Waals surface area contributed by atoms with Crippen LogP contribution in [-0.2, 0) is 0 Å². The zero-order valence-electron chi connectivity index (χ0n) is 10.0. The van der Waals surface area contributed by atoms with Crippen LogP contribution in [0.5, 0.6) is 11.5 Å². The third kappa shape index (κ3) is 2.41. The molecule has 0 saturated carbocycles. The van der Waals surface area contributed by atoms with Gasteiger partial charge >= 0.3 is 0 Å². The van der Waals surface area contributed by atoms with E-state index in [9.17, 15) is 4.39 Å². The van der Waals surface area contributed by atoms with Gasteiger partial charge in [-0.05, 0) is 29.8 Å². The summed E-state index contributed by atoms with van der Waals surface area (Å²) in [6.45, 7) is 0. The molecule has 18 heavy (non-hydrogen) atoms. The number of ether oxygens (including phenoxy) is 2. The molecule has 2 rings (SSSR count). The molecule has 2 nitrogen and oxygen atoms in total. The minimum atomic E-state index is -0.383. The molecule has 0 amide bonds. The molecule has 94 valence electrons. The normalized spacial score (nSPS) is 10.2. The second kappa shape index (κ2) is 5.27. The summed E-state index contributed by atoms with van der Waals surface area (Å²) in [7, 11) is 3.08. The molecule has 0 fully saturated rings. The number of methoxy groups -OCH3 is 2. The molecule has 2 aromatic rings. The third-order valence-corrected chi connectivity index (χ3v) is 2.94. The molecule has 0 spiro atoms. The van der Waals surface area contributed by atoms with Gasteiger partial charge in [-0.1, -0.05) is 23.7 Å². The molecular formula is C14H12ClFO2. The number of hydrogen-bond acceptors (Lipinski definition) is 2. The highest BCUT2D eigenvalue weighted by molar-refractivity contribution is 6.32. The molecule has 0 saturated heterocycles. The van der Waals surface area contributed by atoms with E-state index in [0.717, 1.165) is 11.3 Å². The van der Waals surface area contributed by atoms with Crippen LogP contribution in [0.2, 0.25) is 5.02 Å². The number of rotatable bonds is 3. The first-order valence-corrected chi connectivity index (χ1v) is 5.71. The highest BCUT2D eigenvalue weighted by Gasteiger charge is 2.10. The van der Waals surface area contributed by atoms with Crippen LogP contribution in [0.3, 0.4) is 0 Å². The Kier molecular flexibility index (Phi) is 3.72. The molecule has 0 heterocycles. The van der Waals surface area contributed by atoms with E-state index in [2.05, 4.69) is 0 Å². The lowest BCUT2D eigenvalue weighted by Crippen LogP contribution is -1.90. The van der Waals surface area contributed by atoms with E-state index in [4.69, 9.17) is 21.1 Å². The summed E-state index contributed by atoms with van der Waals surface area (Å²) in [5.74, 6) is 0.787. The van der Waals surface area contributed by atoms with E-state index in [-0.39, 0.29) is 10.8 Å². The molecule has 0 aliphatic heterocycles. The van der Waals surface area contributed by atoms with Crippen molar-refractivity contribution < 1.29 is 13.9 Å². The van der Waals surface area contributed by atoms with Crippen molar-refractivity contribution in [2.45, 2.75) is 0 Å². The van der Waals surface area contributed by atoms with E-state index in [1.54, 1.807) is 37.4 Å². The molecule has 4 heteroatoms. The smallest absolute Gasteiger partial charge is 0.138 e. The van der Waals surface area contributed by atoms with Gasteiger partial charge in [0.1, 0.15) is 17.3 Å². The van der Waals surface area contributed by atoms with Gasteiger partial charge in [-0.15, -0.1) is 0 Å². The van der Waals surface area contributed by atoms with Crippen molar-refractivity contribution in [3.63, 3.8) is 0 Å². The molecule has 0 atom stereocenters. The molecule has 0 aliphatic rings. The van der Waals surface area contributed by atoms with E-state index in [0.29, 0.717) is 11.3 Å². The zero-order valence-corrected chi connectivity index (χ0v) is 10.8. The Morgan fingerprint density at radius 1 is 1.00 bits per heavy atom. The predicted molar refractivity (Wildman–Crippen MR) is 70.0 cm³/mol. The Bertz CT molecular complexity index is 552. The standard InChI is InChI=1S/C14H12ClFO2/c1-17-10-5-3-9(4-6-10)11-7-14(18-2)12(15)8-13(11)16/h3-8H,1-2H3. The second-order valence-corrected chi connectivity index (χ2v) is 4.10. The second-order valence-electron chi connectivity index (χ2n) is 3.70. The lowest BCUT2D eigenvalue weighted by Gasteiger charge is -2.09. The van der Waals surface area contributed by atoms with Gasteiger partial charge in [0.05, 0.1) is 19.2 Å². The third-order valence-electron chi connectivity index (χ3n) is 2.64. The van der Waals surface area contributed by atoms with Gasteiger partial charge in [0.25, 0.3) is 0 Å². The maximum absolute atomic E-state index is 13.9. The maximum Gasteiger partial charge on any atom is 0.138 e. The van der Waals surface area contributed by atoms with E-state index >= 15 is 0 Å². The Morgan fingerprint density at radius 2 is 1.67 bits per heavy atom. The van der Waals surface area contributed by atoms with Crippen LogP contribution >= 0.6 is 11.6 Å². The number of benzene rings is 2. The molecular weight excluding hydrogens is 255 g/mol. The Balaban J connectivity index is 2.48. The van der Waals surface area contributed by atoms with Crippen LogP contribution < -0.4 is 9.47 Å². The van der Waals surface area contributed by atoms with E-state index < -0.39 is 0 Å². The summed E-state index contributed by atoms with van der Waals surface area (Å²) in [5.41, 5.74) is 1.18. The minimum absolute atomic E-state index is 0.257. The van der Waals surface area contributed by atoms with Crippen molar-refractivity contribution in [3.05, 3.63) is 47.2 Å². The van der Waals surface area contributed by atoms with Gasteiger partial charge in [-0.25, -0.2) is 4.39 Å². The summed E-state index contributed by atoms with van der Waals surface area (Å²) >= 11 is 5.85. The van der Waals surface area contributed by atoms with Crippen LogP contribution in [-0.4, -0.2) is 14.2 Å². The average molecular weight is 267 g/mol. The van der Waals surface area contributed by atoms with Crippen molar-refractivity contribution in [3.8, 4) is 22.6 Å². The van der Waals surface area contributed by atoms with Gasteiger partial charge in [-0.2, -0.15) is 0 Å².